The number of nitrogens with one attached hydrogen (secondary N) is 1. The van der Waals surface area contributed by atoms with Crippen molar-refractivity contribution >= 4 is 0 Å². The van der Waals surface area contributed by atoms with Crippen LogP contribution in [0.15, 0.2) is 0 Å². The molecule has 18 heavy (non-hydrogen) atoms. The van der Waals surface area contributed by atoms with Crippen molar-refractivity contribution in [3.63, 3.8) is 0 Å². The first-order valence-electron chi connectivity index (χ1n) is 7.38. The average molecular weight is 258 g/mol. The van der Waals surface area contributed by atoms with Crippen LogP contribution >= 0.6 is 0 Å². The van der Waals surface area contributed by atoms with Crippen molar-refractivity contribution < 1.29 is 9.13 Å². The standard InChI is InChI=1S/C14H27FN2O/c1-11(2)16-14-5-7-17(10-13(14)15)12-4-3-8-18-9-6-12/h11-14,16H,3-10H2,1-2H3/t12?,13-,14+/m1/s1. The zero-order chi connectivity index (χ0) is 13.0. The van der Waals surface area contributed by atoms with Crippen LogP contribution in [-0.4, -0.2) is 55.5 Å². The zero-order valence-corrected chi connectivity index (χ0v) is 11.7. The van der Waals surface area contributed by atoms with Crippen molar-refractivity contribution in [3.05, 3.63) is 0 Å². The van der Waals surface area contributed by atoms with Gasteiger partial charge in [0.15, 0.2) is 0 Å². The molecule has 2 heterocycles. The van der Waals surface area contributed by atoms with Crippen LogP contribution in [0, 0.1) is 0 Å². The van der Waals surface area contributed by atoms with Crippen LogP contribution in [0.5, 0.6) is 0 Å². The number of likely N-dealkylation sites (tertiary alicyclic amines) is 1. The summed E-state index contributed by atoms with van der Waals surface area (Å²) in [5.41, 5.74) is 0. The first kappa shape index (κ1) is 14.2. The van der Waals surface area contributed by atoms with Gasteiger partial charge in [0, 0.05) is 44.4 Å². The maximum Gasteiger partial charge on any atom is 0.128 e. The van der Waals surface area contributed by atoms with Crippen LogP contribution in [0.2, 0.25) is 0 Å². The number of piperidine rings is 1. The summed E-state index contributed by atoms with van der Waals surface area (Å²) in [5.74, 6) is 0. The summed E-state index contributed by atoms with van der Waals surface area (Å²) in [5, 5.41) is 3.34. The normalized spacial score (nSPS) is 35.7. The van der Waals surface area contributed by atoms with Gasteiger partial charge in [-0.3, -0.25) is 4.90 Å². The molecule has 106 valence electrons. The molecule has 4 heteroatoms. The summed E-state index contributed by atoms with van der Waals surface area (Å²) < 4.78 is 19.7. The molecular formula is C14H27FN2O. The largest absolute Gasteiger partial charge is 0.381 e. The van der Waals surface area contributed by atoms with E-state index in [4.69, 9.17) is 4.74 Å². The summed E-state index contributed by atoms with van der Waals surface area (Å²) in [4.78, 5) is 2.35. The highest BCUT2D eigenvalue weighted by atomic mass is 19.1. The van der Waals surface area contributed by atoms with E-state index >= 15 is 0 Å². The Bertz CT molecular complexity index is 242. The SMILES string of the molecule is CC(C)N[C@H]1CCN(C2CCCOCC2)C[C@H]1F. The first-order chi connectivity index (χ1) is 8.66. The maximum atomic E-state index is 14.2. The lowest BCUT2D eigenvalue weighted by Crippen LogP contribution is -2.54. The van der Waals surface area contributed by atoms with Crippen LogP contribution < -0.4 is 5.32 Å². The van der Waals surface area contributed by atoms with E-state index in [2.05, 4.69) is 24.1 Å². The van der Waals surface area contributed by atoms with E-state index in [9.17, 15) is 4.39 Å². The van der Waals surface area contributed by atoms with Crippen molar-refractivity contribution in [2.24, 2.45) is 0 Å². The van der Waals surface area contributed by atoms with Crippen molar-refractivity contribution in [3.8, 4) is 0 Å². The molecule has 0 amide bonds. The lowest BCUT2D eigenvalue weighted by Gasteiger charge is -2.40. The van der Waals surface area contributed by atoms with E-state index in [0.717, 1.165) is 45.4 Å². The van der Waals surface area contributed by atoms with E-state index in [1.165, 1.54) is 0 Å². The summed E-state index contributed by atoms with van der Waals surface area (Å²) >= 11 is 0. The fourth-order valence-corrected chi connectivity index (χ4v) is 3.13. The number of hydrogen-bond acceptors (Lipinski definition) is 3. The number of nitrogens with zero attached hydrogens (tertiary/aromatic N) is 1. The molecule has 0 radical (unpaired) electrons. The Hall–Kier alpha value is -0.190. The molecular weight excluding hydrogens is 231 g/mol. The zero-order valence-electron chi connectivity index (χ0n) is 11.7. The van der Waals surface area contributed by atoms with E-state index < -0.39 is 6.17 Å². The molecule has 2 aliphatic rings. The van der Waals surface area contributed by atoms with Crippen LogP contribution in [0.4, 0.5) is 4.39 Å². The van der Waals surface area contributed by atoms with Gasteiger partial charge >= 0.3 is 0 Å². The Kier molecular flexibility index (Phi) is 5.39. The van der Waals surface area contributed by atoms with Gasteiger partial charge < -0.3 is 10.1 Å². The molecule has 0 saturated carbocycles. The van der Waals surface area contributed by atoms with E-state index in [1.54, 1.807) is 0 Å². The predicted molar refractivity (Wildman–Crippen MR) is 71.6 cm³/mol. The van der Waals surface area contributed by atoms with Crippen LogP contribution in [0.3, 0.4) is 0 Å². The number of rotatable bonds is 3. The van der Waals surface area contributed by atoms with Gasteiger partial charge in [0.2, 0.25) is 0 Å². The highest BCUT2D eigenvalue weighted by Gasteiger charge is 2.32. The van der Waals surface area contributed by atoms with Crippen molar-refractivity contribution in [2.45, 2.75) is 63.8 Å². The number of alkyl halides is 1. The molecule has 2 fully saturated rings. The van der Waals surface area contributed by atoms with Gasteiger partial charge in [-0.15, -0.1) is 0 Å². The van der Waals surface area contributed by atoms with Gasteiger partial charge in [0.05, 0.1) is 0 Å². The second kappa shape index (κ2) is 6.83. The van der Waals surface area contributed by atoms with Crippen LogP contribution in [0.25, 0.3) is 0 Å². The van der Waals surface area contributed by atoms with Gasteiger partial charge in [-0.2, -0.15) is 0 Å². The summed E-state index contributed by atoms with van der Waals surface area (Å²) in [6.07, 6.45) is 3.54. The third kappa shape index (κ3) is 3.90. The summed E-state index contributed by atoms with van der Waals surface area (Å²) in [6, 6.07) is 0.945. The molecule has 0 aliphatic carbocycles. The Morgan fingerprint density at radius 1 is 1.22 bits per heavy atom. The van der Waals surface area contributed by atoms with E-state index in [0.29, 0.717) is 18.6 Å². The van der Waals surface area contributed by atoms with Gasteiger partial charge in [0.1, 0.15) is 6.17 Å². The van der Waals surface area contributed by atoms with E-state index in [-0.39, 0.29) is 6.04 Å². The Morgan fingerprint density at radius 3 is 2.78 bits per heavy atom. The molecule has 0 spiro atoms. The lowest BCUT2D eigenvalue weighted by atomic mass is 9.98. The maximum absolute atomic E-state index is 14.2. The van der Waals surface area contributed by atoms with Crippen molar-refractivity contribution in [2.75, 3.05) is 26.3 Å². The van der Waals surface area contributed by atoms with Gasteiger partial charge in [-0.25, -0.2) is 4.39 Å². The molecule has 0 aromatic carbocycles. The monoisotopic (exact) mass is 258 g/mol. The molecule has 3 atom stereocenters. The molecule has 2 saturated heterocycles. The molecule has 2 rings (SSSR count). The minimum atomic E-state index is -0.731. The molecule has 2 aliphatic heterocycles. The fourth-order valence-electron chi connectivity index (χ4n) is 3.13. The van der Waals surface area contributed by atoms with Crippen molar-refractivity contribution in [1.29, 1.82) is 0 Å². The Balaban J connectivity index is 1.82. The highest BCUT2D eigenvalue weighted by Crippen LogP contribution is 2.22. The number of hydrogen-bond donors (Lipinski definition) is 1. The molecule has 0 aromatic rings. The van der Waals surface area contributed by atoms with Gasteiger partial charge in [0.25, 0.3) is 0 Å². The molecule has 1 unspecified atom stereocenters. The highest BCUT2D eigenvalue weighted by molar-refractivity contribution is 4.89. The second-order valence-electron chi connectivity index (χ2n) is 5.92. The summed E-state index contributed by atoms with van der Waals surface area (Å²) in [6.45, 7) is 7.50. The number of ether oxygens (including phenoxy) is 1. The van der Waals surface area contributed by atoms with Gasteiger partial charge in [-0.1, -0.05) is 13.8 Å². The number of halogens is 1. The minimum absolute atomic E-state index is 0.0447. The predicted octanol–water partition coefficient (Wildman–Crippen LogP) is 1.97. The van der Waals surface area contributed by atoms with Crippen molar-refractivity contribution in [1.82, 2.24) is 10.2 Å². The van der Waals surface area contributed by atoms with Crippen LogP contribution in [-0.2, 0) is 4.74 Å². The first-order valence-corrected chi connectivity index (χ1v) is 7.38. The quantitative estimate of drug-likeness (QED) is 0.837. The molecule has 3 nitrogen and oxygen atoms in total. The third-order valence-corrected chi connectivity index (χ3v) is 4.06. The fraction of sp³-hybridized carbons (Fsp3) is 1.00. The topological polar surface area (TPSA) is 24.5 Å². The van der Waals surface area contributed by atoms with Gasteiger partial charge in [-0.05, 0) is 25.7 Å². The molecule has 0 bridgehead atoms. The molecule has 0 aromatic heterocycles. The third-order valence-electron chi connectivity index (χ3n) is 4.06. The Morgan fingerprint density at radius 2 is 2.06 bits per heavy atom. The second-order valence-corrected chi connectivity index (χ2v) is 5.92. The van der Waals surface area contributed by atoms with Crippen LogP contribution in [0.1, 0.15) is 39.5 Å². The molecule has 1 N–H and O–H groups in total. The lowest BCUT2D eigenvalue weighted by molar-refractivity contribution is 0.0597. The minimum Gasteiger partial charge on any atom is -0.381 e. The van der Waals surface area contributed by atoms with E-state index in [1.807, 2.05) is 0 Å². The average Bonchev–Trinajstić information content (AvgIpc) is 2.60. The smallest absolute Gasteiger partial charge is 0.128 e. The Labute approximate surface area is 110 Å². The summed E-state index contributed by atoms with van der Waals surface area (Å²) in [7, 11) is 0.